The molecule has 1 saturated heterocycles. The van der Waals surface area contributed by atoms with Crippen molar-refractivity contribution in [3.8, 4) is 0 Å². The Morgan fingerprint density at radius 3 is 2.74 bits per heavy atom. The summed E-state index contributed by atoms with van der Waals surface area (Å²) in [5, 5.41) is 7.09. The fourth-order valence-electron chi connectivity index (χ4n) is 3.41. The summed E-state index contributed by atoms with van der Waals surface area (Å²) >= 11 is 0. The number of rotatable bonds is 6. The fourth-order valence-corrected chi connectivity index (χ4v) is 3.41. The number of carbonyl (C=O) groups is 2. The van der Waals surface area contributed by atoms with Gasteiger partial charge in [0.1, 0.15) is 5.82 Å². The Morgan fingerprint density at radius 2 is 2.04 bits per heavy atom. The lowest BCUT2D eigenvalue weighted by molar-refractivity contribution is -0.135. The number of amides is 2. The second kappa shape index (κ2) is 8.79. The molecule has 6 nitrogen and oxygen atoms in total. The monoisotopic (exact) mass is 372 g/mol. The number of likely N-dealkylation sites (tertiary alicyclic amines) is 1. The predicted octanol–water partition coefficient (Wildman–Crippen LogP) is 1.70. The zero-order valence-corrected chi connectivity index (χ0v) is 15.5. The van der Waals surface area contributed by atoms with E-state index in [9.17, 15) is 14.0 Å². The Balaban J connectivity index is 1.47. The van der Waals surface area contributed by atoms with Gasteiger partial charge in [-0.1, -0.05) is 12.1 Å². The van der Waals surface area contributed by atoms with E-state index in [2.05, 4.69) is 10.4 Å². The number of nitrogens with one attached hydrogen (secondary N) is 1. The van der Waals surface area contributed by atoms with Gasteiger partial charge in [-0.05, 0) is 36.6 Å². The molecule has 0 bridgehead atoms. The molecule has 2 aromatic rings. The van der Waals surface area contributed by atoms with Crippen molar-refractivity contribution in [2.75, 3.05) is 19.6 Å². The molecule has 1 aromatic carbocycles. The molecule has 1 aliphatic heterocycles. The molecule has 2 amide bonds. The molecule has 144 valence electrons. The molecular weight excluding hydrogens is 347 g/mol. The molecule has 3 rings (SSSR count). The summed E-state index contributed by atoms with van der Waals surface area (Å²) < 4.78 is 14.8. The van der Waals surface area contributed by atoms with Gasteiger partial charge in [0, 0.05) is 45.0 Å². The lowest BCUT2D eigenvalue weighted by atomic mass is 9.96. The predicted molar refractivity (Wildman–Crippen MR) is 99.3 cm³/mol. The summed E-state index contributed by atoms with van der Waals surface area (Å²) in [5.74, 6) is -0.514. The Labute approximate surface area is 158 Å². The number of hydrogen-bond acceptors (Lipinski definition) is 3. The van der Waals surface area contributed by atoms with Crippen LogP contribution in [0.25, 0.3) is 0 Å². The number of hydrogen-bond donors (Lipinski definition) is 1. The molecule has 0 saturated carbocycles. The highest BCUT2D eigenvalue weighted by atomic mass is 19.1. The number of piperidine rings is 1. The van der Waals surface area contributed by atoms with E-state index in [1.807, 2.05) is 13.1 Å². The molecule has 1 N–H and O–H groups in total. The summed E-state index contributed by atoms with van der Waals surface area (Å²) in [6, 6.07) is 7.90. The van der Waals surface area contributed by atoms with Gasteiger partial charge in [0.2, 0.25) is 11.8 Å². The second-order valence-corrected chi connectivity index (χ2v) is 6.97. The van der Waals surface area contributed by atoms with E-state index >= 15 is 0 Å². The maximum atomic E-state index is 13.0. The van der Waals surface area contributed by atoms with Crippen LogP contribution in [-0.4, -0.2) is 46.1 Å². The molecule has 1 aromatic heterocycles. The summed E-state index contributed by atoms with van der Waals surface area (Å²) in [7, 11) is 1.88. The molecule has 7 heteroatoms. The SMILES string of the molecule is Cn1nccc1CCNC(=O)C1CCCN(C(=O)Cc2ccc(F)cc2)C1. The highest BCUT2D eigenvalue weighted by Crippen LogP contribution is 2.18. The zero-order valence-electron chi connectivity index (χ0n) is 15.5. The third-order valence-electron chi connectivity index (χ3n) is 5.02. The topological polar surface area (TPSA) is 67.2 Å². The van der Waals surface area contributed by atoms with Gasteiger partial charge >= 0.3 is 0 Å². The van der Waals surface area contributed by atoms with E-state index in [4.69, 9.17) is 0 Å². The van der Waals surface area contributed by atoms with Crippen molar-refractivity contribution >= 4 is 11.8 Å². The van der Waals surface area contributed by atoms with Gasteiger partial charge < -0.3 is 10.2 Å². The largest absolute Gasteiger partial charge is 0.355 e. The number of nitrogens with zero attached hydrogens (tertiary/aromatic N) is 3. The van der Waals surface area contributed by atoms with Gasteiger partial charge in [0.05, 0.1) is 12.3 Å². The number of halogens is 1. The van der Waals surface area contributed by atoms with E-state index in [0.29, 0.717) is 19.6 Å². The maximum Gasteiger partial charge on any atom is 0.227 e. The van der Waals surface area contributed by atoms with Crippen molar-refractivity contribution in [2.24, 2.45) is 13.0 Å². The first-order valence-electron chi connectivity index (χ1n) is 9.30. The number of benzene rings is 1. The van der Waals surface area contributed by atoms with Gasteiger partial charge in [0.15, 0.2) is 0 Å². The van der Waals surface area contributed by atoms with Crippen molar-refractivity contribution in [1.29, 1.82) is 0 Å². The van der Waals surface area contributed by atoms with Crippen molar-refractivity contribution < 1.29 is 14.0 Å². The van der Waals surface area contributed by atoms with Crippen LogP contribution in [0.4, 0.5) is 4.39 Å². The minimum atomic E-state index is -0.313. The van der Waals surface area contributed by atoms with Crippen LogP contribution in [0.5, 0.6) is 0 Å². The van der Waals surface area contributed by atoms with E-state index in [0.717, 1.165) is 30.5 Å². The van der Waals surface area contributed by atoms with Crippen LogP contribution in [0, 0.1) is 11.7 Å². The third-order valence-corrected chi connectivity index (χ3v) is 5.02. The summed E-state index contributed by atoms with van der Waals surface area (Å²) in [4.78, 5) is 26.7. The first-order valence-corrected chi connectivity index (χ1v) is 9.30. The van der Waals surface area contributed by atoms with Crippen LogP contribution in [-0.2, 0) is 29.5 Å². The first kappa shape index (κ1) is 19.1. The molecular formula is C20H25FN4O2. The van der Waals surface area contributed by atoms with Crippen molar-refractivity contribution in [3.05, 3.63) is 53.6 Å². The van der Waals surface area contributed by atoms with Crippen molar-refractivity contribution in [1.82, 2.24) is 20.0 Å². The molecule has 0 aliphatic carbocycles. The van der Waals surface area contributed by atoms with Gasteiger partial charge in [-0.2, -0.15) is 5.10 Å². The van der Waals surface area contributed by atoms with Crippen LogP contribution in [0.2, 0.25) is 0 Å². The molecule has 1 atom stereocenters. The fraction of sp³-hybridized carbons (Fsp3) is 0.450. The van der Waals surface area contributed by atoms with Gasteiger partial charge in [-0.3, -0.25) is 14.3 Å². The second-order valence-electron chi connectivity index (χ2n) is 6.97. The van der Waals surface area contributed by atoms with E-state index in [1.165, 1.54) is 12.1 Å². The zero-order chi connectivity index (χ0) is 19.2. The third kappa shape index (κ3) is 5.15. The normalized spacial score (nSPS) is 17.0. The van der Waals surface area contributed by atoms with Crippen LogP contribution < -0.4 is 5.32 Å². The molecule has 1 aliphatic rings. The van der Waals surface area contributed by atoms with Gasteiger partial charge in [-0.25, -0.2) is 4.39 Å². The lowest BCUT2D eigenvalue weighted by Crippen LogP contribution is -2.46. The molecule has 1 unspecified atom stereocenters. The summed E-state index contributed by atoms with van der Waals surface area (Å²) in [5.41, 5.74) is 1.85. The highest BCUT2D eigenvalue weighted by Gasteiger charge is 2.28. The lowest BCUT2D eigenvalue weighted by Gasteiger charge is -2.32. The molecule has 0 spiro atoms. The average Bonchev–Trinajstić information content (AvgIpc) is 3.08. The minimum absolute atomic E-state index is 0.00329. The highest BCUT2D eigenvalue weighted by molar-refractivity contribution is 5.82. The number of carbonyl (C=O) groups excluding carboxylic acids is 2. The van der Waals surface area contributed by atoms with Crippen LogP contribution in [0.3, 0.4) is 0 Å². The minimum Gasteiger partial charge on any atom is -0.355 e. The standard InChI is InChI=1S/C20H25FN4O2/c1-24-18(9-11-23-24)8-10-22-20(27)16-3-2-12-25(14-16)19(26)13-15-4-6-17(21)7-5-15/h4-7,9,11,16H,2-3,8,10,12-14H2,1H3,(H,22,27). The number of aryl methyl sites for hydroxylation is 1. The first-order chi connectivity index (χ1) is 13.0. The number of aromatic nitrogens is 2. The smallest absolute Gasteiger partial charge is 0.227 e. The van der Waals surface area contributed by atoms with Crippen LogP contribution >= 0.6 is 0 Å². The Bertz CT molecular complexity index is 788. The molecule has 1 fully saturated rings. The average molecular weight is 372 g/mol. The summed E-state index contributed by atoms with van der Waals surface area (Å²) in [6.45, 7) is 1.66. The quantitative estimate of drug-likeness (QED) is 0.839. The molecule has 27 heavy (non-hydrogen) atoms. The van der Waals surface area contributed by atoms with E-state index in [-0.39, 0.29) is 30.0 Å². The summed E-state index contributed by atoms with van der Waals surface area (Å²) in [6.07, 6.45) is 4.30. The van der Waals surface area contributed by atoms with E-state index < -0.39 is 0 Å². The Morgan fingerprint density at radius 1 is 1.26 bits per heavy atom. The van der Waals surface area contributed by atoms with Gasteiger partial charge in [-0.15, -0.1) is 0 Å². The Hall–Kier alpha value is -2.70. The van der Waals surface area contributed by atoms with Gasteiger partial charge in [0.25, 0.3) is 0 Å². The van der Waals surface area contributed by atoms with Crippen LogP contribution in [0.1, 0.15) is 24.1 Å². The maximum absolute atomic E-state index is 13.0. The van der Waals surface area contributed by atoms with Crippen molar-refractivity contribution in [2.45, 2.75) is 25.7 Å². The Kier molecular flexibility index (Phi) is 6.21. The van der Waals surface area contributed by atoms with E-state index in [1.54, 1.807) is 27.9 Å². The van der Waals surface area contributed by atoms with Crippen molar-refractivity contribution in [3.63, 3.8) is 0 Å². The molecule has 0 radical (unpaired) electrons. The van der Waals surface area contributed by atoms with Crippen LogP contribution in [0.15, 0.2) is 36.5 Å². The molecule has 2 heterocycles.